The van der Waals surface area contributed by atoms with Gasteiger partial charge in [-0.1, -0.05) is 91.2 Å². The molecule has 0 spiro atoms. The Balaban J connectivity index is 1.66. The third kappa shape index (κ3) is 5.88. The van der Waals surface area contributed by atoms with Crippen molar-refractivity contribution in [2.24, 2.45) is 11.8 Å². The van der Waals surface area contributed by atoms with Crippen molar-refractivity contribution < 1.29 is 9.59 Å². The minimum Gasteiger partial charge on any atom is -0.288 e. The van der Waals surface area contributed by atoms with Crippen LogP contribution in [-0.4, -0.2) is 17.3 Å². The van der Waals surface area contributed by atoms with E-state index in [1.54, 1.807) is 34.0 Å². The Labute approximate surface area is 256 Å². The number of fused-ring (bicyclic) bond motifs is 2. The number of hydrogen-bond donors (Lipinski definition) is 0. The molecule has 0 amide bonds. The zero-order chi connectivity index (χ0) is 28.2. The SMILES string of the molecule is CCCCC(CC)Cc1sc(CC(CC)CCCC)c2c1C(=O)c1c(C3=CCCS3)sc(-c3cccs3)c1C2=O. The largest absolute Gasteiger partial charge is 0.288 e. The summed E-state index contributed by atoms with van der Waals surface area (Å²) in [5, 5.41) is 2.07. The normalized spacial score (nSPS) is 16.2. The van der Waals surface area contributed by atoms with E-state index in [1.165, 1.54) is 53.2 Å². The standard InChI is InChI=1S/C34H42O2S4/c1-5-9-13-21(7-3)19-25-27-28(26(39-25)20-22(8-4)14-10-6-2)32(36)30-29(31(27)35)33(23-15-11-17-37-23)40-34(30)24-16-12-18-38-24/h11,15-17,21-22H,5-10,12-14,18-20H2,1-4H3. The van der Waals surface area contributed by atoms with Gasteiger partial charge in [-0.3, -0.25) is 9.59 Å². The molecule has 2 aliphatic rings. The van der Waals surface area contributed by atoms with Crippen molar-refractivity contribution in [3.63, 3.8) is 0 Å². The van der Waals surface area contributed by atoms with Gasteiger partial charge >= 0.3 is 0 Å². The second-order valence-electron chi connectivity index (χ2n) is 11.3. The van der Waals surface area contributed by atoms with Crippen molar-refractivity contribution in [2.45, 2.75) is 98.3 Å². The zero-order valence-electron chi connectivity index (χ0n) is 24.4. The molecule has 3 aromatic heterocycles. The van der Waals surface area contributed by atoms with Crippen LogP contribution in [0.15, 0.2) is 23.6 Å². The second-order valence-corrected chi connectivity index (χ2v) is 15.6. The van der Waals surface area contributed by atoms with Gasteiger partial charge in [-0.05, 0) is 42.5 Å². The van der Waals surface area contributed by atoms with Gasteiger partial charge in [0.1, 0.15) is 0 Å². The molecular weight excluding hydrogens is 569 g/mol. The topological polar surface area (TPSA) is 34.1 Å². The summed E-state index contributed by atoms with van der Waals surface area (Å²) in [6, 6.07) is 4.15. The second kappa shape index (κ2) is 13.7. The first kappa shape index (κ1) is 30.0. The van der Waals surface area contributed by atoms with E-state index in [2.05, 4.69) is 45.2 Å². The molecule has 0 bridgehead atoms. The highest BCUT2D eigenvalue weighted by atomic mass is 32.2. The Morgan fingerprint density at radius 3 is 1.85 bits per heavy atom. The molecule has 2 unspecified atom stereocenters. The Kier molecular flexibility index (Phi) is 10.3. The van der Waals surface area contributed by atoms with E-state index in [-0.39, 0.29) is 11.6 Å². The highest BCUT2D eigenvalue weighted by Gasteiger charge is 2.42. The number of rotatable bonds is 14. The molecular formula is C34H42O2S4. The highest BCUT2D eigenvalue weighted by molar-refractivity contribution is 8.08. The van der Waals surface area contributed by atoms with E-state index in [9.17, 15) is 9.59 Å². The summed E-state index contributed by atoms with van der Waals surface area (Å²) in [5.41, 5.74) is 2.89. The lowest BCUT2D eigenvalue weighted by Crippen LogP contribution is -2.22. The van der Waals surface area contributed by atoms with Crippen LogP contribution in [0.1, 0.15) is 132 Å². The number of hydrogen-bond acceptors (Lipinski definition) is 6. The Bertz CT molecular complexity index is 1370. The molecule has 0 fully saturated rings. The van der Waals surface area contributed by atoms with E-state index in [0.29, 0.717) is 23.0 Å². The van der Waals surface area contributed by atoms with Crippen molar-refractivity contribution in [2.75, 3.05) is 5.75 Å². The molecule has 0 saturated carbocycles. The number of unbranched alkanes of at least 4 members (excludes halogenated alkanes) is 2. The van der Waals surface area contributed by atoms with E-state index >= 15 is 0 Å². The maximum absolute atomic E-state index is 14.7. The van der Waals surface area contributed by atoms with Gasteiger partial charge in [0.2, 0.25) is 0 Å². The summed E-state index contributed by atoms with van der Waals surface area (Å²) in [6.07, 6.45) is 14.5. The molecule has 1 aliphatic heterocycles. The molecule has 0 aromatic carbocycles. The van der Waals surface area contributed by atoms with Gasteiger partial charge < -0.3 is 0 Å². The predicted octanol–water partition coefficient (Wildman–Crippen LogP) is 11.3. The number of carbonyl (C=O) groups excluding carboxylic acids is 2. The van der Waals surface area contributed by atoms with Crippen molar-refractivity contribution in [3.8, 4) is 9.75 Å². The quantitative estimate of drug-likeness (QED) is 0.142. The van der Waals surface area contributed by atoms with Crippen molar-refractivity contribution >= 4 is 62.2 Å². The smallest absolute Gasteiger partial charge is 0.197 e. The van der Waals surface area contributed by atoms with Crippen LogP contribution >= 0.6 is 45.8 Å². The molecule has 3 aromatic rings. The van der Waals surface area contributed by atoms with Gasteiger partial charge in [-0.25, -0.2) is 0 Å². The van der Waals surface area contributed by atoms with Crippen molar-refractivity contribution in [1.82, 2.24) is 0 Å². The maximum Gasteiger partial charge on any atom is 0.197 e. The summed E-state index contributed by atoms with van der Waals surface area (Å²) in [6.45, 7) is 9.05. The zero-order valence-corrected chi connectivity index (χ0v) is 27.7. The van der Waals surface area contributed by atoms with Crippen LogP contribution in [0.5, 0.6) is 0 Å². The molecule has 6 heteroatoms. The highest BCUT2D eigenvalue weighted by Crippen LogP contribution is 2.51. The van der Waals surface area contributed by atoms with E-state index in [1.807, 2.05) is 17.8 Å². The molecule has 0 saturated heterocycles. The molecule has 0 radical (unpaired) electrons. The Hall–Kier alpha value is -1.47. The molecule has 214 valence electrons. The fourth-order valence-electron chi connectivity index (χ4n) is 6.15. The lowest BCUT2D eigenvalue weighted by molar-refractivity contribution is 0.0979. The molecule has 40 heavy (non-hydrogen) atoms. The third-order valence-corrected chi connectivity index (χ3v) is 13.3. The average molecular weight is 611 g/mol. The molecule has 2 nitrogen and oxygen atoms in total. The van der Waals surface area contributed by atoms with Gasteiger partial charge in [0.25, 0.3) is 0 Å². The van der Waals surface area contributed by atoms with Crippen LogP contribution in [0.4, 0.5) is 0 Å². The maximum atomic E-state index is 14.7. The number of allylic oxidation sites excluding steroid dienone is 1. The Morgan fingerprint density at radius 1 is 0.775 bits per heavy atom. The first-order valence-electron chi connectivity index (χ1n) is 15.3. The average Bonchev–Trinajstić information content (AvgIpc) is 3.77. The van der Waals surface area contributed by atoms with Crippen molar-refractivity contribution in [1.29, 1.82) is 0 Å². The molecule has 1 aliphatic carbocycles. The van der Waals surface area contributed by atoms with Gasteiger partial charge in [0.15, 0.2) is 11.6 Å². The molecule has 4 heterocycles. The minimum atomic E-state index is 0.101. The van der Waals surface area contributed by atoms with Crippen LogP contribution < -0.4 is 0 Å². The molecule has 2 atom stereocenters. The van der Waals surface area contributed by atoms with Gasteiger partial charge in [-0.15, -0.1) is 45.8 Å². The van der Waals surface area contributed by atoms with Crippen molar-refractivity contribution in [3.05, 3.63) is 60.5 Å². The first-order chi connectivity index (χ1) is 19.5. The minimum absolute atomic E-state index is 0.101. The fourth-order valence-corrected chi connectivity index (χ4v) is 11.0. The number of ketones is 2. The summed E-state index contributed by atoms with van der Waals surface area (Å²) >= 11 is 6.96. The lowest BCUT2D eigenvalue weighted by atomic mass is 9.81. The first-order valence-corrected chi connectivity index (χ1v) is 18.8. The number of thiophene rings is 3. The van der Waals surface area contributed by atoms with Crippen LogP contribution in [0.2, 0.25) is 0 Å². The van der Waals surface area contributed by atoms with Gasteiger partial charge in [-0.2, -0.15) is 0 Å². The van der Waals surface area contributed by atoms with E-state index < -0.39 is 0 Å². The summed E-state index contributed by atoms with van der Waals surface area (Å²) in [7, 11) is 0. The molecule has 5 rings (SSSR count). The third-order valence-electron chi connectivity index (χ3n) is 8.58. The number of carbonyl (C=O) groups is 2. The van der Waals surface area contributed by atoms with Crippen LogP contribution in [-0.2, 0) is 12.8 Å². The fraction of sp³-hybridized carbons (Fsp3) is 0.529. The molecule has 0 N–H and O–H groups in total. The van der Waals surface area contributed by atoms with Gasteiger partial charge in [0, 0.05) is 36.4 Å². The van der Waals surface area contributed by atoms with Gasteiger partial charge in [0.05, 0.1) is 20.9 Å². The summed E-state index contributed by atoms with van der Waals surface area (Å²) in [5.74, 6) is 2.36. The van der Waals surface area contributed by atoms with Crippen LogP contribution in [0.25, 0.3) is 14.7 Å². The monoisotopic (exact) mass is 610 g/mol. The van der Waals surface area contributed by atoms with Crippen LogP contribution in [0.3, 0.4) is 0 Å². The van der Waals surface area contributed by atoms with Crippen LogP contribution in [0, 0.1) is 11.8 Å². The summed E-state index contributed by atoms with van der Waals surface area (Å²) in [4.78, 5) is 36.0. The predicted molar refractivity (Wildman–Crippen MR) is 178 cm³/mol. The lowest BCUT2D eigenvalue weighted by Gasteiger charge is -2.19. The van der Waals surface area contributed by atoms with E-state index in [4.69, 9.17) is 0 Å². The summed E-state index contributed by atoms with van der Waals surface area (Å²) < 4.78 is 0. The van der Waals surface area contributed by atoms with E-state index in [0.717, 1.165) is 63.6 Å². The number of thioether (sulfide) groups is 1. The Morgan fingerprint density at radius 2 is 1.38 bits per heavy atom.